The number of carbonyl (C=O) groups excluding carboxylic acids is 3. The fourth-order valence-electron chi connectivity index (χ4n) is 4.18. The number of fused-ring (bicyclic) bond motifs is 1. The summed E-state index contributed by atoms with van der Waals surface area (Å²) in [5.41, 5.74) is 1.81. The molecule has 1 aromatic carbocycles. The van der Waals surface area contributed by atoms with Crippen molar-refractivity contribution in [3.63, 3.8) is 0 Å². The monoisotopic (exact) mass is 504 g/mol. The minimum Gasteiger partial charge on any atom is -0.479 e. The van der Waals surface area contributed by atoms with E-state index in [4.69, 9.17) is 4.74 Å². The first-order chi connectivity index (χ1) is 17.2. The van der Waals surface area contributed by atoms with Gasteiger partial charge in [-0.2, -0.15) is 13.2 Å². The van der Waals surface area contributed by atoms with Crippen LogP contribution < -0.4 is 19.7 Å². The number of aromatic nitrogens is 1. The number of hydrogen-bond acceptors (Lipinski definition) is 6. The number of nitrogens with one attached hydrogen (secondary N) is 1. The zero-order chi connectivity index (χ0) is 25.4. The molecule has 1 aliphatic carbocycles. The van der Waals surface area contributed by atoms with Crippen molar-refractivity contribution in [1.29, 1.82) is 0 Å². The summed E-state index contributed by atoms with van der Waals surface area (Å²) < 4.78 is 47.0. The molecule has 0 unspecified atom stereocenters. The van der Waals surface area contributed by atoms with E-state index in [-0.39, 0.29) is 41.9 Å². The van der Waals surface area contributed by atoms with E-state index in [1.807, 2.05) is 0 Å². The predicted octanol–water partition coefficient (Wildman–Crippen LogP) is 2.44. The largest absolute Gasteiger partial charge is 0.479 e. The minimum absolute atomic E-state index is 0.00796. The first kappa shape index (κ1) is 23.9. The van der Waals surface area contributed by atoms with Crippen LogP contribution in [-0.4, -0.2) is 65.6 Å². The lowest BCUT2D eigenvalue weighted by Gasteiger charge is -2.18. The van der Waals surface area contributed by atoms with Crippen molar-refractivity contribution in [2.75, 3.05) is 24.6 Å². The van der Waals surface area contributed by atoms with Crippen LogP contribution in [0.2, 0.25) is 0 Å². The fourth-order valence-corrected chi connectivity index (χ4v) is 4.18. The third-order valence-electron chi connectivity index (χ3n) is 6.09. The molecule has 12 heteroatoms. The Labute approximate surface area is 204 Å². The van der Waals surface area contributed by atoms with Crippen LogP contribution in [0.3, 0.4) is 0 Å². The second-order valence-electron chi connectivity index (χ2n) is 8.97. The Morgan fingerprint density at radius 2 is 1.94 bits per heavy atom. The van der Waals surface area contributed by atoms with Crippen molar-refractivity contribution in [2.24, 2.45) is 0 Å². The smallest absolute Gasteiger partial charge is 0.422 e. The van der Waals surface area contributed by atoms with Gasteiger partial charge >= 0.3 is 6.18 Å². The van der Waals surface area contributed by atoms with Gasteiger partial charge in [-0.15, -0.1) is 0 Å². The van der Waals surface area contributed by atoms with E-state index in [0.717, 1.165) is 18.4 Å². The number of amides is 3. The Balaban J connectivity index is 1.19. The highest BCUT2D eigenvalue weighted by molar-refractivity contribution is 6.03. The summed E-state index contributed by atoms with van der Waals surface area (Å²) in [4.78, 5) is 44.7. The molecule has 5 rings (SSSR count). The normalized spacial score (nSPS) is 19.5. The molecule has 1 aromatic heterocycles. The molecule has 2 fully saturated rings. The van der Waals surface area contributed by atoms with Crippen LogP contribution in [-0.2, 0) is 16.1 Å². The summed E-state index contributed by atoms with van der Waals surface area (Å²) in [6.45, 7) is -0.761. The minimum atomic E-state index is -4.47. The van der Waals surface area contributed by atoms with Crippen molar-refractivity contribution in [1.82, 2.24) is 15.2 Å². The van der Waals surface area contributed by atoms with Crippen LogP contribution in [0.5, 0.6) is 11.6 Å². The number of anilines is 1. The van der Waals surface area contributed by atoms with Gasteiger partial charge in [-0.3, -0.25) is 14.4 Å². The van der Waals surface area contributed by atoms with Crippen LogP contribution in [0.25, 0.3) is 0 Å². The highest BCUT2D eigenvalue weighted by atomic mass is 19.4. The summed E-state index contributed by atoms with van der Waals surface area (Å²) >= 11 is 0. The summed E-state index contributed by atoms with van der Waals surface area (Å²) in [5.74, 6) is -0.725. The Morgan fingerprint density at radius 1 is 1.14 bits per heavy atom. The summed E-state index contributed by atoms with van der Waals surface area (Å²) in [5, 5.41) is 2.87. The molecule has 2 aromatic rings. The second kappa shape index (κ2) is 9.32. The number of rotatable bonds is 8. The van der Waals surface area contributed by atoms with E-state index in [9.17, 15) is 27.6 Å². The van der Waals surface area contributed by atoms with E-state index >= 15 is 0 Å². The molecular formula is C24H23F3N4O5. The SMILES string of the molecule is O=C(CN1Cc2ccc(N3CC[C@@H](Oc4ccc(OCC(F)(F)F)nc4)C3=O)cc2C1=O)NC1CC1. The summed E-state index contributed by atoms with van der Waals surface area (Å²) in [7, 11) is 0. The molecule has 3 heterocycles. The lowest BCUT2D eigenvalue weighted by Crippen LogP contribution is -2.38. The van der Waals surface area contributed by atoms with E-state index in [1.54, 1.807) is 18.2 Å². The van der Waals surface area contributed by atoms with Crippen LogP contribution >= 0.6 is 0 Å². The Morgan fingerprint density at radius 3 is 2.64 bits per heavy atom. The predicted molar refractivity (Wildman–Crippen MR) is 120 cm³/mol. The number of carbonyl (C=O) groups is 3. The van der Waals surface area contributed by atoms with Gasteiger partial charge in [-0.25, -0.2) is 4.98 Å². The van der Waals surface area contributed by atoms with Gasteiger partial charge in [0.15, 0.2) is 12.7 Å². The maximum absolute atomic E-state index is 13.0. The van der Waals surface area contributed by atoms with Gasteiger partial charge in [0.1, 0.15) is 12.3 Å². The molecule has 1 N–H and O–H groups in total. The average Bonchev–Trinajstić information content (AvgIpc) is 3.50. The van der Waals surface area contributed by atoms with Gasteiger partial charge in [-0.05, 0) is 36.6 Å². The topological polar surface area (TPSA) is 101 Å². The first-order valence-electron chi connectivity index (χ1n) is 11.5. The molecule has 3 amide bonds. The van der Waals surface area contributed by atoms with Crippen LogP contribution in [0, 0.1) is 0 Å². The Kier molecular flexibility index (Phi) is 6.19. The van der Waals surface area contributed by atoms with Crippen molar-refractivity contribution < 1.29 is 37.0 Å². The van der Waals surface area contributed by atoms with Crippen LogP contribution in [0.1, 0.15) is 35.2 Å². The molecule has 3 aliphatic rings. The van der Waals surface area contributed by atoms with Gasteiger partial charge in [-0.1, -0.05) is 6.07 Å². The average molecular weight is 504 g/mol. The van der Waals surface area contributed by atoms with E-state index < -0.39 is 18.9 Å². The van der Waals surface area contributed by atoms with Crippen molar-refractivity contribution >= 4 is 23.4 Å². The third kappa shape index (κ3) is 5.37. The molecule has 36 heavy (non-hydrogen) atoms. The fraction of sp³-hybridized carbons (Fsp3) is 0.417. The van der Waals surface area contributed by atoms with Gasteiger partial charge in [0, 0.05) is 42.9 Å². The first-order valence-corrected chi connectivity index (χ1v) is 11.5. The summed E-state index contributed by atoms with van der Waals surface area (Å²) in [6.07, 6.45) is -1.76. The molecule has 0 bridgehead atoms. The number of hydrogen-bond donors (Lipinski definition) is 1. The molecule has 0 spiro atoms. The number of pyridine rings is 1. The maximum atomic E-state index is 13.0. The van der Waals surface area contributed by atoms with Crippen LogP contribution in [0.4, 0.5) is 18.9 Å². The van der Waals surface area contributed by atoms with Gasteiger partial charge in [0.25, 0.3) is 11.8 Å². The molecule has 1 atom stereocenters. The second-order valence-corrected chi connectivity index (χ2v) is 8.97. The van der Waals surface area contributed by atoms with Crippen LogP contribution in [0.15, 0.2) is 36.5 Å². The van der Waals surface area contributed by atoms with Gasteiger partial charge in [0.05, 0.1) is 6.20 Å². The molecular weight excluding hydrogens is 481 g/mol. The molecule has 190 valence electrons. The highest BCUT2D eigenvalue weighted by Gasteiger charge is 2.36. The molecule has 1 saturated carbocycles. The quantitative estimate of drug-likeness (QED) is 0.593. The Bertz CT molecular complexity index is 1180. The van der Waals surface area contributed by atoms with Crippen molar-refractivity contribution in [3.8, 4) is 11.6 Å². The zero-order valence-corrected chi connectivity index (χ0v) is 19.1. The maximum Gasteiger partial charge on any atom is 0.422 e. The number of benzene rings is 1. The lowest BCUT2D eigenvalue weighted by atomic mass is 10.1. The standard InChI is InChI=1S/C24H23F3N4O5/c25-24(26,27)13-35-21-6-5-17(10-28-21)36-19-7-8-31(23(19)34)16-4-1-14-11-30(22(33)18(14)9-16)12-20(32)29-15-2-3-15/h1,4-6,9-10,15,19H,2-3,7-8,11-13H2,(H,29,32)/t19-/m1/s1. The molecule has 1 saturated heterocycles. The highest BCUT2D eigenvalue weighted by Crippen LogP contribution is 2.31. The summed E-state index contributed by atoms with van der Waals surface area (Å²) in [6, 6.07) is 8.04. The van der Waals surface area contributed by atoms with E-state index in [0.29, 0.717) is 30.8 Å². The molecule has 9 nitrogen and oxygen atoms in total. The third-order valence-corrected chi connectivity index (χ3v) is 6.09. The number of ether oxygens (including phenoxy) is 2. The van der Waals surface area contributed by atoms with Crippen molar-refractivity contribution in [2.45, 2.75) is 44.1 Å². The zero-order valence-electron chi connectivity index (χ0n) is 19.1. The van der Waals surface area contributed by atoms with E-state index in [1.165, 1.54) is 28.1 Å². The number of nitrogens with zero attached hydrogens (tertiary/aromatic N) is 3. The number of halogens is 3. The molecule has 0 radical (unpaired) electrons. The van der Waals surface area contributed by atoms with Gasteiger partial charge in [0.2, 0.25) is 11.8 Å². The lowest BCUT2D eigenvalue weighted by molar-refractivity contribution is -0.154. The number of alkyl halides is 3. The van der Waals surface area contributed by atoms with Crippen molar-refractivity contribution in [3.05, 3.63) is 47.7 Å². The molecule has 2 aliphatic heterocycles. The Hall–Kier alpha value is -3.83. The van der Waals surface area contributed by atoms with E-state index in [2.05, 4.69) is 15.0 Å². The van der Waals surface area contributed by atoms with Gasteiger partial charge < -0.3 is 24.6 Å².